The number of amides is 1. The summed E-state index contributed by atoms with van der Waals surface area (Å²) < 4.78 is 4.73. The Balaban J connectivity index is 1.62. The molecule has 0 aliphatic carbocycles. The van der Waals surface area contributed by atoms with Crippen LogP contribution in [0, 0.1) is 12.8 Å². The number of fused-ring (bicyclic) bond motifs is 2. The van der Waals surface area contributed by atoms with Crippen molar-refractivity contribution in [3.05, 3.63) is 29.3 Å². The van der Waals surface area contributed by atoms with Crippen LogP contribution in [0.25, 0.3) is 0 Å². The molecule has 2 atom stereocenters. The molecule has 1 amide bonds. The van der Waals surface area contributed by atoms with Gasteiger partial charge < -0.3 is 15.4 Å². The topological polar surface area (TPSA) is 67.4 Å². The van der Waals surface area contributed by atoms with Crippen LogP contribution < -0.4 is 10.6 Å². The molecule has 2 bridgehead atoms. The highest BCUT2D eigenvalue weighted by Crippen LogP contribution is 2.33. The Morgan fingerprint density at radius 1 is 1.26 bits per heavy atom. The van der Waals surface area contributed by atoms with E-state index < -0.39 is 5.97 Å². The summed E-state index contributed by atoms with van der Waals surface area (Å²) in [5, 5.41) is 6.56. The molecule has 2 N–H and O–H groups in total. The third kappa shape index (κ3) is 3.72. The number of methoxy groups -OCH3 is 1. The minimum absolute atomic E-state index is 0.0291. The SMILES string of the molecule is COC(=O)c1ccc(C)c(NC(=O)CC2CC3CCC(C2)N3)c1. The van der Waals surface area contributed by atoms with Crippen LogP contribution in [0.5, 0.6) is 0 Å². The summed E-state index contributed by atoms with van der Waals surface area (Å²) >= 11 is 0. The second-order valence-corrected chi connectivity index (χ2v) is 6.75. The highest BCUT2D eigenvalue weighted by molar-refractivity contribution is 5.95. The molecule has 23 heavy (non-hydrogen) atoms. The number of piperidine rings is 1. The average molecular weight is 316 g/mol. The molecule has 0 radical (unpaired) electrons. The lowest BCUT2D eigenvalue weighted by molar-refractivity contribution is -0.117. The zero-order valence-electron chi connectivity index (χ0n) is 13.7. The first-order valence-corrected chi connectivity index (χ1v) is 8.30. The third-order valence-corrected chi connectivity index (χ3v) is 4.98. The maximum Gasteiger partial charge on any atom is 0.337 e. The number of aryl methyl sites for hydroxylation is 1. The normalized spacial score (nSPS) is 25.9. The van der Waals surface area contributed by atoms with Crippen LogP contribution in [-0.2, 0) is 9.53 Å². The van der Waals surface area contributed by atoms with Gasteiger partial charge in [-0.25, -0.2) is 4.79 Å². The predicted octanol–water partition coefficient (Wildman–Crippen LogP) is 2.64. The molecule has 5 nitrogen and oxygen atoms in total. The Labute approximate surface area is 136 Å². The number of hydrogen-bond acceptors (Lipinski definition) is 4. The van der Waals surface area contributed by atoms with Crippen molar-refractivity contribution < 1.29 is 14.3 Å². The van der Waals surface area contributed by atoms with Gasteiger partial charge in [0, 0.05) is 24.2 Å². The molecule has 2 aliphatic rings. The fraction of sp³-hybridized carbons (Fsp3) is 0.556. The first-order valence-electron chi connectivity index (χ1n) is 8.30. The van der Waals surface area contributed by atoms with E-state index >= 15 is 0 Å². The number of carbonyl (C=O) groups is 2. The molecule has 3 rings (SSSR count). The van der Waals surface area contributed by atoms with Gasteiger partial charge in [-0.2, -0.15) is 0 Å². The second-order valence-electron chi connectivity index (χ2n) is 6.75. The molecule has 2 heterocycles. The second kappa shape index (κ2) is 6.71. The largest absolute Gasteiger partial charge is 0.465 e. The van der Waals surface area contributed by atoms with Crippen molar-refractivity contribution in [1.29, 1.82) is 0 Å². The summed E-state index contributed by atoms with van der Waals surface area (Å²) in [4.78, 5) is 24.0. The summed E-state index contributed by atoms with van der Waals surface area (Å²) in [5.74, 6) is 0.0923. The Bertz CT molecular complexity index is 602. The van der Waals surface area contributed by atoms with Gasteiger partial charge in [0.1, 0.15) is 0 Å². The zero-order chi connectivity index (χ0) is 16.4. The lowest BCUT2D eigenvalue weighted by atomic mass is 9.89. The molecule has 1 aromatic carbocycles. The Morgan fingerprint density at radius 3 is 2.61 bits per heavy atom. The molecule has 0 aromatic heterocycles. The Kier molecular flexibility index (Phi) is 4.66. The maximum atomic E-state index is 12.4. The molecule has 0 spiro atoms. The Hall–Kier alpha value is -1.88. The standard InChI is InChI=1S/C18H24N2O3/c1-11-3-4-13(18(22)23-2)10-16(11)20-17(21)9-12-7-14-5-6-15(8-12)19-14/h3-4,10,12,14-15,19H,5-9H2,1-2H3,(H,20,21). The van der Waals surface area contributed by atoms with Crippen molar-refractivity contribution in [2.75, 3.05) is 12.4 Å². The Morgan fingerprint density at radius 2 is 1.96 bits per heavy atom. The van der Waals surface area contributed by atoms with Gasteiger partial charge in [0.25, 0.3) is 0 Å². The van der Waals surface area contributed by atoms with Gasteiger partial charge in [0.2, 0.25) is 5.91 Å². The van der Waals surface area contributed by atoms with Crippen LogP contribution in [0.15, 0.2) is 18.2 Å². The minimum atomic E-state index is -0.393. The quantitative estimate of drug-likeness (QED) is 0.838. The minimum Gasteiger partial charge on any atom is -0.465 e. The van der Waals surface area contributed by atoms with Gasteiger partial charge in [0.15, 0.2) is 0 Å². The molecular weight excluding hydrogens is 292 g/mol. The molecule has 124 valence electrons. The number of ether oxygens (including phenoxy) is 1. The van der Waals surface area contributed by atoms with E-state index in [1.165, 1.54) is 20.0 Å². The van der Waals surface area contributed by atoms with E-state index in [0.29, 0.717) is 35.7 Å². The number of hydrogen-bond donors (Lipinski definition) is 2. The molecule has 2 fully saturated rings. The maximum absolute atomic E-state index is 12.4. The van der Waals surface area contributed by atoms with Crippen molar-refractivity contribution in [3.8, 4) is 0 Å². The molecule has 2 unspecified atom stereocenters. The van der Waals surface area contributed by atoms with Crippen LogP contribution in [0.1, 0.15) is 48.0 Å². The number of benzene rings is 1. The summed E-state index contributed by atoms with van der Waals surface area (Å²) in [6.45, 7) is 1.92. The van der Waals surface area contributed by atoms with Crippen molar-refractivity contribution in [1.82, 2.24) is 5.32 Å². The van der Waals surface area contributed by atoms with E-state index in [9.17, 15) is 9.59 Å². The number of nitrogens with one attached hydrogen (secondary N) is 2. The van der Waals surface area contributed by atoms with Crippen LogP contribution in [0.3, 0.4) is 0 Å². The van der Waals surface area contributed by atoms with E-state index in [1.54, 1.807) is 12.1 Å². The highest BCUT2D eigenvalue weighted by Gasteiger charge is 2.34. The fourth-order valence-electron chi connectivity index (χ4n) is 3.81. The molecule has 5 heteroatoms. The van der Waals surface area contributed by atoms with E-state index in [0.717, 1.165) is 18.4 Å². The van der Waals surface area contributed by atoms with Gasteiger partial charge >= 0.3 is 5.97 Å². The van der Waals surface area contributed by atoms with Crippen LogP contribution in [0.2, 0.25) is 0 Å². The highest BCUT2D eigenvalue weighted by atomic mass is 16.5. The van der Waals surface area contributed by atoms with Crippen molar-refractivity contribution in [2.45, 2.75) is 51.1 Å². The van der Waals surface area contributed by atoms with E-state index in [4.69, 9.17) is 4.74 Å². The molecule has 0 saturated carbocycles. The lowest BCUT2D eigenvalue weighted by Gasteiger charge is -2.28. The summed E-state index contributed by atoms with van der Waals surface area (Å²) in [6.07, 6.45) is 5.21. The van der Waals surface area contributed by atoms with Crippen molar-refractivity contribution >= 4 is 17.6 Å². The summed E-state index contributed by atoms with van der Waals surface area (Å²) in [7, 11) is 1.35. The van der Waals surface area contributed by atoms with Crippen LogP contribution >= 0.6 is 0 Å². The molecule has 1 aromatic rings. The van der Waals surface area contributed by atoms with Crippen molar-refractivity contribution in [3.63, 3.8) is 0 Å². The molecule has 2 aliphatic heterocycles. The van der Waals surface area contributed by atoms with Gasteiger partial charge in [-0.3, -0.25) is 4.79 Å². The predicted molar refractivity (Wildman–Crippen MR) is 88.4 cm³/mol. The van der Waals surface area contributed by atoms with Gasteiger partial charge in [-0.05, 0) is 56.2 Å². The smallest absolute Gasteiger partial charge is 0.337 e. The van der Waals surface area contributed by atoms with E-state index in [1.807, 2.05) is 13.0 Å². The summed E-state index contributed by atoms with van der Waals surface area (Å²) in [5.41, 5.74) is 2.08. The van der Waals surface area contributed by atoms with Gasteiger partial charge in [-0.15, -0.1) is 0 Å². The van der Waals surface area contributed by atoms with Crippen molar-refractivity contribution in [2.24, 2.45) is 5.92 Å². The zero-order valence-corrected chi connectivity index (χ0v) is 13.7. The molecule has 2 saturated heterocycles. The first kappa shape index (κ1) is 16.0. The fourth-order valence-corrected chi connectivity index (χ4v) is 3.81. The number of anilines is 1. The number of esters is 1. The number of carbonyl (C=O) groups excluding carboxylic acids is 2. The van der Waals surface area contributed by atoms with Crippen LogP contribution in [0.4, 0.5) is 5.69 Å². The lowest BCUT2D eigenvalue weighted by Crippen LogP contribution is -2.39. The number of rotatable bonds is 4. The third-order valence-electron chi connectivity index (χ3n) is 4.98. The molecular formula is C18H24N2O3. The van der Waals surface area contributed by atoms with Gasteiger partial charge in [-0.1, -0.05) is 6.07 Å². The van der Waals surface area contributed by atoms with E-state index in [2.05, 4.69) is 10.6 Å². The van der Waals surface area contributed by atoms with E-state index in [-0.39, 0.29) is 5.91 Å². The summed E-state index contributed by atoms with van der Waals surface area (Å²) in [6, 6.07) is 6.41. The average Bonchev–Trinajstić information content (AvgIpc) is 2.87. The van der Waals surface area contributed by atoms with Gasteiger partial charge in [0.05, 0.1) is 12.7 Å². The first-order chi connectivity index (χ1) is 11.0. The monoisotopic (exact) mass is 316 g/mol. The van der Waals surface area contributed by atoms with Crippen LogP contribution in [-0.4, -0.2) is 31.1 Å².